The Balaban J connectivity index is 1.39. The van der Waals surface area contributed by atoms with Crippen molar-refractivity contribution in [2.75, 3.05) is 53.0 Å². The number of nitrogens with two attached hydrogens (primary N) is 1. The van der Waals surface area contributed by atoms with Gasteiger partial charge in [0.05, 0.1) is 12.0 Å². The molecule has 0 bridgehead atoms. The van der Waals surface area contributed by atoms with Gasteiger partial charge in [0.2, 0.25) is 5.91 Å². The van der Waals surface area contributed by atoms with Crippen LogP contribution in [-0.4, -0.2) is 102 Å². The zero-order valence-electron chi connectivity index (χ0n) is 24.1. The Kier molecular flexibility index (Phi) is 11.4. The Morgan fingerprint density at radius 3 is 2.40 bits per heavy atom. The molecule has 2 heterocycles. The smallest absolute Gasteiger partial charge is 0.410 e. The van der Waals surface area contributed by atoms with Crippen LogP contribution in [0.1, 0.15) is 24.0 Å². The summed E-state index contributed by atoms with van der Waals surface area (Å²) in [5, 5.41) is 11.0. The van der Waals surface area contributed by atoms with E-state index in [4.69, 9.17) is 19.9 Å². The van der Waals surface area contributed by atoms with Gasteiger partial charge in [-0.2, -0.15) is 11.8 Å². The topological polar surface area (TPSA) is 158 Å². The molecule has 2 aliphatic heterocycles. The standard InChI is InChI=1S/C29H37N5O8S/c1-40-24-9-5-22(6-10-24)20-43-25-17-26(27(35)32-12-2-11-31(13-14-32)15-16-41-28(30)36)33(18-25)29(37)42-19-21-3-7-23(8-4-21)34(38)39/h3-10,25-26H,2,11-20H2,1H3,(H2,30,36)/t25-,26-/m0/s1. The summed E-state index contributed by atoms with van der Waals surface area (Å²) in [5.41, 5.74) is 6.73. The van der Waals surface area contributed by atoms with Crippen molar-refractivity contribution in [3.05, 3.63) is 69.8 Å². The van der Waals surface area contributed by atoms with Crippen molar-refractivity contribution in [1.29, 1.82) is 0 Å². The maximum Gasteiger partial charge on any atom is 0.410 e. The molecule has 2 N–H and O–H groups in total. The summed E-state index contributed by atoms with van der Waals surface area (Å²) in [5.74, 6) is 1.38. The van der Waals surface area contributed by atoms with Crippen LogP contribution in [-0.2, 0) is 26.6 Å². The summed E-state index contributed by atoms with van der Waals surface area (Å²) < 4.78 is 15.7. The minimum atomic E-state index is -0.812. The lowest BCUT2D eigenvalue weighted by Gasteiger charge is -2.29. The van der Waals surface area contributed by atoms with Crippen LogP contribution in [0, 0.1) is 10.1 Å². The highest BCUT2D eigenvalue weighted by atomic mass is 32.2. The van der Waals surface area contributed by atoms with Crippen LogP contribution >= 0.6 is 11.8 Å². The third-order valence-electron chi connectivity index (χ3n) is 7.49. The van der Waals surface area contributed by atoms with Gasteiger partial charge in [0, 0.05) is 62.4 Å². The van der Waals surface area contributed by atoms with Crippen molar-refractivity contribution < 1.29 is 33.5 Å². The third kappa shape index (κ3) is 9.22. The molecule has 2 aromatic carbocycles. The van der Waals surface area contributed by atoms with Crippen LogP contribution in [0.5, 0.6) is 5.75 Å². The summed E-state index contributed by atoms with van der Waals surface area (Å²) in [4.78, 5) is 53.9. The fourth-order valence-electron chi connectivity index (χ4n) is 5.13. The van der Waals surface area contributed by atoms with E-state index in [1.165, 1.54) is 17.0 Å². The average Bonchev–Trinajstić information content (AvgIpc) is 3.30. The van der Waals surface area contributed by atoms with Crippen molar-refractivity contribution in [3.63, 3.8) is 0 Å². The number of carbonyl (C=O) groups is 3. The second-order valence-corrected chi connectivity index (χ2v) is 11.6. The van der Waals surface area contributed by atoms with E-state index in [-0.39, 0.29) is 30.1 Å². The quantitative estimate of drug-likeness (QED) is 0.294. The molecule has 0 saturated carbocycles. The van der Waals surface area contributed by atoms with Gasteiger partial charge in [-0.05, 0) is 48.2 Å². The number of likely N-dealkylation sites (tertiary alicyclic amines) is 1. The molecule has 43 heavy (non-hydrogen) atoms. The molecule has 0 spiro atoms. The van der Waals surface area contributed by atoms with E-state index in [0.29, 0.717) is 50.5 Å². The van der Waals surface area contributed by atoms with Crippen LogP contribution in [0.15, 0.2) is 48.5 Å². The van der Waals surface area contributed by atoms with Gasteiger partial charge in [0.1, 0.15) is 25.0 Å². The van der Waals surface area contributed by atoms with Gasteiger partial charge in [0.15, 0.2) is 0 Å². The number of nitro groups is 1. The monoisotopic (exact) mass is 615 g/mol. The molecule has 2 aromatic rings. The molecule has 13 nitrogen and oxygen atoms in total. The summed E-state index contributed by atoms with van der Waals surface area (Å²) >= 11 is 1.69. The Hall–Kier alpha value is -4.04. The lowest BCUT2D eigenvalue weighted by molar-refractivity contribution is -0.384. The second kappa shape index (κ2) is 15.4. The molecular weight excluding hydrogens is 578 g/mol. The number of hydrogen-bond donors (Lipinski definition) is 1. The van der Waals surface area contributed by atoms with E-state index in [0.717, 1.165) is 24.3 Å². The number of rotatable bonds is 11. The average molecular weight is 616 g/mol. The number of thioether (sulfide) groups is 1. The third-order valence-corrected chi connectivity index (χ3v) is 8.80. The first-order valence-corrected chi connectivity index (χ1v) is 15.1. The summed E-state index contributed by atoms with van der Waals surface area (Å²) in [6.45, 7) is 3.41. The van der Waals surface area contributed by atoms with Crippen molar-refractivity contribution in [1.82, 2.24) is 14.7 Å². The molecule has 0 aromatic heterocycles. The van der Waals surface area contributed by atoms with Crippen molar-refractivity contribution in [3.8, 4) is 5.75 Å². The lowest BCUT2D eigenvalue weighted by Crippen LogP contribution is -2.49. The molecule has 2 fully saturated rings. The van der Waals surface area contributed by atoms with Gasteiger partial charge in [0.25, 0.3) is 5.69 Å². The zero-order chi connectivity index (χ0) is 30.8. The maximum absolute atomic E-state index is 13.8. The second-order valence-electron chi connectivity index (χ2n) is 10.4. The molecule has 14 heteroatoms. The molecule has 4 rings (SSSR count). The minimum absolute atomic E-state index is 0.0254. The van der Waals surface area contributed by atoms with Gasteiger partial charge >= 0.3 is 12.2 Å². The van der Waals surface area contributed by atoms with Gasteiger partial charge in [-0.25, -0.2) is 9.59 Å². The largest absolute Gasteiger partial charge is 0.497 e. The minimum Gasteiger partial charge on any atom is -0.497 e. The lowest BCUT2D eigenvalue weighted by atomic mass is 10.2. The fraction of sp³-hybridized carbons (Fsp3) is 0.483. The molecule has 2 aliphatic rings. The van der Waals surface area contributed by atoms with Gasteiger partial charge < -0.3 is 24.8 Å². The predicted molar refractivity (Wildman–Crippen MR) is 160 cm³/mol. The number of benzene rings is 2. The first-order chi connectivity index (χ1) is 20.7. The number of carbonyl (C=O) groups excluding carboxylic acids is 3. The van der Waals surface area contributed by atoms with Gasteiger partial charge in [-0.15, -0.1) is 0 Å². The Morgan fingerprint density at radius 2 is 1.72 bits per heavy atom. The van der Waals surface area contributed by atoms with E-state index >= 15 is 0 Å². The number of nitrogens with zero attached hydrogens (tertiary/aromatic N) is 4. The number of non-ortho nitro benzene ring substituents is 1. The highest BCUT2D eigenvalue weighted by Gasteiger charge is 2.42. The normalized spacial score (nSPS) is 19.0. The fourth-order valence-corrected chi connectivity index (χ4v) is 6.34. The Bertz CT molecular complexity index is 1260. The summed E-state index contributed by atoms with van der Waals surface area (Å²) in [6, 6.07) is 12.9. The van der Waals surface area contributed by atoms with Crippen LogP contribution in [0.4, 0.5) is 15.3 Å². The van der Waals surface area contributed by atoms with E-state index in [2.05, 4.69) is 4.90 Å². The maximum atomic E-state index is 13.8. The molecule has 2 saturated heterocycles. The van der Waals surface area contributed by atoms with Crippen molar-refractivity contribution in [2.24, 2.45) is 5.73 Å². The molecular formula is C29H37N5O8S. The number of primary amides is 1. The SMILES string of the molecule is COc1ccc(CS[C@H]2C[C@@H](C(=O)N3CCCN(CCOC(N)=O)CC3)N(C(=O)OCc3ccc([N+](=O)[O-])cc3)C2)cc1. The van der Waals surface area contributed by atoms with Gasteiger partial charge in [-0.1, -0.05) is 12.1 Å². The first kappa shape index (κ1) is 31.9. The molecule has 232 valence electrons. The highest BCUT2D eigenvalue weighted by Crippen LogP contribution is 2.32. The number of nitro benzene ring substituents is 1. The predicted octanol–water partition coefficient (Wildman–Crippen LogP) is 3.25. The number of amides is 3. The van der Waals surface area contributed by atoms with Crippen LogP contribution in [0.2, 0.25) is 0 Å². The molecule has 0 radical (unpaired) electrons. The molecule has 2 atom stereocenters. The van der Waals surface area contributed by atoms with E-state index in [1.54, 1.807) is 35.9 Å². The highest BCUT2D eigenvalue weighted by molar-refractivity contribution is 7.99. The molecule has 0 aliphatic carbocycles. The zero-order valence-corrected chi connectivity index (χ0v) is 24.9. The van der Waals surface area contributed by atoms with Gasteiger partial charge in [-0.3, -0.25) is 24.7 Å². The summed E-state index contributed by atoms with van der Waals surface area (Å²) in [6.07, 6.45) is -0.161. The molecule has 0 unspecified atom stereocenters. The van der Waals surface area contributed by atoms with Crippen LogP contribution in [0.25, 0.3) is 0 Å². The van der Waals surface area contributed by atoms with Crippen molar-refractivity contribution >= 4 is 35.5 Å². The number of hydrogen-bond acceptors (Lipinski definition) is 10. The number of ether oxygens (including phenoxy) is 3. The van der Waals surface area contributed by atoms with Crippen molar-refractivity contribution in [2.45, 2.75) is 36.5 Å². The van der Waals surface area contributed by atoms with E-state index < -0.39 is 23.2 Å². The Labute approximate surface area is 254 Å². The molecule has 3 amide bonds. The summed E-state index contributed by atoms with van der Waals surface area (Å²) in [7, 11) is 1.62. The van der Waals surface area contributed by atoms with E-state index in [9.17, 15) is 24.5 Å². The van der Waals surface area contributed by atoms with E-state index in [1.807, 2.05) is 24.3 Å². The van der Waals surface area contributed by atoms with Crippen LogP contribution < -0.4 is 10.5 Å². The van der Waals surface area contributed by atoms with Crippen LogP contribution in [0.3, 0.4) is 0 Å². The first-order valence-electron chi connectivity index (χ1n) is 14.1. The number of methoxy groups -OCH3 is 1. The Morgan fingerprint density at radius 1 is 1.00 bits per heavy atom.